The molecule has 0 saturated carbocycles. The zero-order valence-corrected chi connectivity index (χ0v) is 16.3. The lowest BCUT2D eigenvalue weighted by Crippen LogP contribution is -2.56. The SMILES string of the molecule is CNC(=O)c1cc(-c2cc([C@@H]3CNC[C@@H](CO)N3C(C)=O)cc(Cl)n2)ncn1. The van der Waals surface area contributed by atoms with E-state index >= 15 is 0 Å². The topological polar surface area (TPSA) is 120 Å². The van der Waals surface area contributed by atoms with Crippen molar-refractivity contribution in [3.05, 3.63) is 40.9 Å². The molecule has 0 spiro atoms. The average molecular weight is 405 g/mol. The highest BCUT2D eigenvalue weighted by atomic mass is 35.5. The van der Waals surface area contributed by atoms with Crippen molar-refractivity contribution in [1.29, 1.82) is 0 Å². The molecule has 10 heteroatoms. The molecule has 0 radical (unpaired) electrons. The third-order valence-corrected chi connectivity index (χ3v) is 4.81. The molecule has 148 valence electrons. The Kier molecular flexibility index (Phi) is 6.18. The Labute approximate surface area is 167 Å². The second-order valence-corrected chi connectivity index (χ2v) is 6.80. The zero-order chi connectivity index (χ0) is 20.3. The number of pyridine rings is 1. The molecule has 3 rings (SSSR count). The number of nitrogens with zero attached hydrogens (tertiary/aromatic N) is 4. The van der Waals surface area contributed by atoms with E-state index in [1.165, 1.54) is 26.4 Å². The highest BCUT2D eigenvalue weighted by Crippen LogP contribution is 2.30. The summed E-state index contributed by atoms with van der Waals surface area (Å²) in [4.78, 5) is 38.2. The predicted molar refractivity (Wildman–Crippen MR) is 103 cm³/mol. The van der Waals surface area contributed by atoms with Crippen LogP contribution in [0.15, 0.2) is 24.5 Å². The van der Waals surface area contributed by atoms with Crippen molar-refractivity contribution < 1.29 is 14.7 Å². The van der Waals surface area contributed by atoms with Crippen LogP contribution in [0.1, 0.15) is 29.0 Å². The lowest BCUT2D eigenvalue weighted by Gasteiger charge is -2.41. The fourth-order valence-electron chi connectivity index (χ4n) is 3.34. The van der Waals surface area contributed by atoms with Crippen molar-refractivity contribution in [2.45, 2.75) is 19.0 Å². The van der Waals surface area contributed by atoms with Gasteiger partial charge in [-0.1, -0.05) is 11.6 Å². The van der Waals surface area contributed by atoms with Crippen LogP contribution in [0.4, 0.5) is 0 Å². The van der Waals surface area contributed by atoms with Gasteiger partial charge in [0.15, 0.2) is 0 Å². The molecule has 0 aromatic carbocycles. The molecule has 0 bridgehead atoms. The fraction of sp³-hybridized carbons (Fsp3) is 0.389. The van der Waals surface area contributed by atoms with Gasteiger partial charge >= 0.3 is 0 Å². The summed E-state index contributed by atoms with van der Waals surface area (Å²) in [6, 6.07) is 4.35. The van der Waals surface area contributed by atoms with Crippen molar-refractivity contribution in [3.63, 3.8) is 0 Å². The first-order chi connectivity index (χ1) is 13.4. The number of aliphatic hydroxyl groups is 1. The van der Waals surface area contributed by atoms with Gasteiger partial charge in [0.05, 0.1) is 30.1 Å². The molecule has 3 heterocycles. The number of rotatable bonds is 4. The first-order valence-corrected chi connectivity index (χ1v) is 9.14. The van der Waals surface area contributed by atoms with Crippen molar-refractivity contribution in [1.82, 2.24) is 30.5 Å². The number of amides is 2. The van der Waals surface area contributed by atoms with Crippen molar-refractivity contribution >= 4 is 23.4 Å². The first kappa shape index (κ1) is 20.1. The number of hydrogen-bond donors (Lipinski definition) is 3. The maximum absolute atomic E-state index is 12.2. The summed E-state index contributed by atoms with van der Waals surface area (Å²) in [5.41, 5.74) is 1.87. The molecule has 9 nitrogen and oxygen atoms in total. The second kappa shape index (κ2) is 8.59. The number of aromatic nitrogens is 3. The van der Waals surface area contributed by atoms with Gasteiger partial charge in [0, 0.05) is 27.1 Å². The summed E-state index contributed by atoms with van der Waals surface area (Å²) >= 11 is 6.24. The van der Waals surface area contributed by atoms with Gasteiger partial charge in [-0.15, -0.1) is 0 Å². The van der Waals surface area contributed by atoms with Gasteiger partial charge in [-0.3, -0.25) is 9.59 Å². The molecule has 1 aliphatic heterocycles. The van der Waals surface area contributed by atoms with Crippen molar-refractivity contribution in [3.8, 4) is 11.4 Å². The van der Waals surface area contributed by atoms with Gasteiger partial charge < -0.3 is 20.6 Å². The number of nitrogens with one attached hydrogen (secondary N) is 2. The smallest absolute Gasteiger partial charge is 0.269 e. The number of carbonyl (C=O) groups excluding carboxylic acids is 2. The molecule has 0 aliphatic carbocycles. The van der Waals surface area contributed by atoms with Crippen molar-refractivity contribution in [2.24, 2.45) is 0 Å². The van der Waals surface area contributed by atoms with E-state index < -0.39 is 0 Å². The minimum atomic E-state index is -0.337. The van der Waals surface area contributed by atoms with Crippen LogP contribution in [-0.4, -0.2) is 69.6 Å². The standard InChI is InChI=1S/C18H21ClN6O3/c1-10(27)25-12(8-26)6-21-7-16(25)11-3-14(24-17(19)4-11)13-5-15(18(28)20-2)23-9-22-13/h3-5,9,12,16,21,26H,6-8H2,1-2H3,(H,20,28)/t12-,16-/m0/s1. The third-order valence-electron chi connectivity index (χ3n) is 4.61. The van der Waals surface area contributed by atoms with Gasteiger partial charge in [0.2, 0.25) is 5.91 Å². The minimum Gasteiger partial charge on any atom is -0.394 e. The minimum absolute atomic E-state index is 0.135. The monoisotopic (exact) mass is 404 g/mol. The van der Waals surface area contributed by atoms with Crippen molar-refractivity contribution in [2.75, 3.05) is 26.7 Å². The van der Waals surface area contributed by atoms with E-state index in [1.54, 1.807) is 17.0 Å². The molecule has 0 unspecified atom stereocenters. The van der Waals surface area contributed by atoms with Crippen LogP contribution in [0, 0.1) is 0 Å². The van der Waals surface area contributed by atoms with E-state index in [4.69, 9.17) is 11.6 Å². The van der Waals surface area contributed by atoms with E-state index in [0.29, 0.717) is 24.5 Å². The molecule has 1 aliphatic rings. The molecular formula is C18H21ClN6O3. The number of piperazine rings is 1. The Bertz CT molecular complexity index is 893. The predicted octanol–water partition coefficient (Wildman–Crippen LogP) is 0.405. The number of aliphatic hydroxyl groups excluding tert-OH is 1. The first-order valence-electron chi connectivity index (χ1n) is 8.77. The highest BCUT2D eigenvalue weighted by molar-refractivity contribution is 6.29. The zero-order valence-electron chi connectivity index (χ0n) is 15.5. The molecule has 1 saturated heterocycles. The normalized spacial score (nSPS) is 19.4. The van der Waals surface area contributed by atoms with E-state index in [-0.39, 0.29) is 41.4 Å². The van der Waals surface area contributed by atoms with Crippen LogP contribution >= 0.6 is 11.6 Å². The van der Waals surface area contributed by atoms with Gasteiger partial charge in [0.1, 0.15) is 17.2 Å². The molecule has 2 atom stereocenters. The summed E-state index contributed by atoms with van der Waals surface area (Å²) in [5, 5.41) is 15.6. The van der Waals surface area contributed by atoms with Crippen LogP contribution in [0.2, 0.25) is 5.15 Å². The van der Waals surface area contributed by atoms with Crippen LogP contribution in [0.3, 0.4) is 0 Å². The summed E-state index contributed by atoms with van der Waals surface area (Å²) in [6.07, 6.45) is 1.29. The van der Waals surface area contributed by atoms with E-state index in [1.807, 2.05) is 0 Å². The van der Waals surface area contributed by atoms with Gasteiger partial charge in [0.25, 0.3) is 5.91 Å². The Morgan fingerprint density at radius 1 is 1.29 bits per heavy atom. The van der Waals surface area contributed by atoms with Crippen LogP contribution < -0.4 is 10.6 Å². The van der Waals surface area contributed by atoms with E-state index in [2.05, 4.69) is 25.6 Å². The largest absolute Gasteiger partial charge is 0.394 e. The number of carbonyl (C=O) groups is 2. The second-order valence-electron chi connectivity index (χ2n) is 6.41. The van der Waals surface area contributed by atoms with Crippen LogP contribution in [0.25, 0.3) is 11.4 Å². The molecule has 1 fully saturated rings. The maximum atomic E-state index is 12.2. The lowest BCUT2D eigenvalue weighted by molar-refractivity contribution is -0.136. The Morgan fingerprint density at radius 2 is 2.07 bits per heavy atom. The number of hydrogen-bond acceptors (Lipinski definition) is 7. The molecule has 3 N–H and O–H groups in total. The number of halogens is 1. The summed E-state index contributed by atoms with van der Waals surface area (Å²) in [6.45, 7) is 2.36. The van der Waals surface area contributed by atoms with Crippen LogP contribution in [-0.2, 0) is 4.79 Å². The van der Waals surface area contributed by atoms with E-state index in [9.17, 15) is 14.7 Å². The molecule has 2 aromatic rings. The molecule has 2 aromatic heterocycles. The third kappa shape index (κ3) is 4.11. The Hall–Kier alpha value is -2.62. The summed E-state index contributed by atoms with van der Waals surface area (Å²) in [7, 11) is 1.52. The average Bonchev–Trinajstić information content (AvgIpc) is 2.72. The molecular weight excluding hydrogens is 384 g/mol. The maximum Gasteiger partial charge on any atom is 0.269 e. The molecule has 28 heavy (non-hydrogen) atoms. The summed E-state index contributed by atoms with van der Waals surface area (Å²) in [5.74, 6) is -0.472. The Balaban J connectivity index is 2.02. The van der Waals surface area contributed by atoms with Gasteiger partial charge in [-0.2, -0.15) is 0 Å². The molecule has 2 amide bonds. The van der Waals surface area contributed by atoms with Gasteiger partial charge in [-0.25, -0.2) is 15.0 Å². The summed E-state index contributed by atoms with van der Waals surface area (Å²) < 4.78 is 0. The van der Waals surface area contributed by atoms with Crippen LogP contribution in [0.5, 0.6) is 0 Å². The van der Waals surface area contributed by atoms with E-state index in [0.717, 1.165) is 5.56 Å². The fourth-order valence-corrected chi connectivity index (χ4v) is 3.55. The quantitative estimate of drug-likeness (QED) is 0.631. The Morgan fingerprint density at radius 3 is 2.75 bits per heavy atom. The highest BCUT2D eigenvalue weighted by Gasteiger charge is 2.33. The van der Waals surface area contributed by atoms with Gasteiger partial charge in [-0.05, 0) is 23.8 Å². The lowest BCUT2D eigenvalue weighted by atomic mass is 9.99.